The molecule has 0 aliphatic carbocycles. The van der Waals surface area contributed by atoms with Crippen LogP contribution in [-0.2, 0) is 10.0 Å². The Morgan fingerprint density at radius 2 is 2.15 bits per heavy atom. The Bertz CT molecular complexity index is 682. The van der Waals surface area contributed by atoms with Crippen molar-refractivity contribution in [3.05, 3.63) is 32.8 Å². The van der Waals surface area contributed by atoms with Crippen LogP contribution in [0.5, 0.6) is 0 Å². The molecule has 0 aliphatic rings. The first-order valence-electron chi connectivity index (χ1n) is 5.53. The van der Waals surface area contributed by atoms with Gasteiger partial charge in [-0.2, -0.15) is 5.26 Å². The van der Waals surface area contributed by atoms with Gasteiger partial charge >= 0.3 is 0 Å². The molecule has 1 rings (SSSR count). The van der Waals surface area contributed by atoms with Gasteiger partial charge in [0, 0.05) is 12.1 Å². The smallest absolute Gasteiger partial charge is 0.258 e. The van der Waals surface area contributed by atoms with E-state index in [0.29, 0.717) is 5.56 Å². The Labute approximate surface area is 121 Å². The molecule has 1 N–H and O–H groups in total. The zero-order chi connectivity index (χ0) is 15.5. The van der Waals surface area contributed by atoms with E-state index in [4.69, 9.17) is 16.9 Å². The van der Waals surface area contributed by atoms with E-state index in [1.54, 1.807) is 0 Å². The molecule has 0 unspecified atom stereocenters. The number of nitro groups is 1. The fraction of sp³-hybridized carbons (Fsp3) is 0.364. The molecule has 0 amide bonds. The maximum absolute atomic E-state index is 12.1. The van der Waals surface area contributed by atoms with Crippen LogP contribution in [-0.4, -0.2) is 19.4 Å². The predicted molar refractivity (Wildman–Crippen MR) is 72.9 cm³/mol. The van der Waals surface area contributed by atoms with Gasteiger partial charge in [-0.15, -0.1) is 0 Å². The summed E-state index contributed by atoms with van der Waals surface area (Å²) in [4.78, 5) is 9.73. The summed E-state index contributed by atoms with van der Waals surface area (Å²) in [5.41, 5.74) is -0.0746. The molecule has 1 aromatic carbocycles. The number of halogens is 1. The van der Waals surface area contributed by atoms with Crippen molar-refractivity contribution in [1.82, 2.24) is 4.72 Å². The van der Waals surface area contributed by atoms with Gasteiger partial charge in [0.25, 0.3) is 5.69 Å². The molecule has 0 spiro atoms. The third-order valence-electron chi connectivity index (χ3n) is 2.40. The third-order valence-corrected chi connectivity index (χ3v) is 4.53. The highest BCUT2D eigenvalue weighted by molar-refractivity contribution is 7.89. The third kappa shape index (κ3) is 3.66. The van der Waals surface area contributed by atoms with Gasteiger partial charge in [-0.1, -0.05) is 11.6 Å². The number of benzene rings is 1. The maximum atomic E-state index is 12.1. The first kappa shape index (κ1) is 16.4. The Balaban J connectivity index is 3.33. The molecule has 0 aliphatic heterocycles. The highest BCUT2D eigenvalue weighted by Crippen LogP contribution is 2.32. The zero-order valence-corrected chi connectivity index (χ0v) is 12.3. The monoisotopic (exact) mass is 317 g/mol. The topological polar surface area (TPSA) is 113 Å². The molecule has 0 saturated carbocycles. The second-order valence-electron chi connectivity index (χ2n) is 4.24. The number of hydrogen-bond donors (Lipinski definition) is 1. The number of hydrogen-bond acceptors (Lipinski definition) is 5. The van der Waals surface area contributed by atoms with Crippen LogP contribution in [0.15, 0.2) is 17.0 Å². The SMILES string of the molecule is Cc1cc([N+](=O)[O-])c(Cl)c(S(=O)(=O)N[C@@H](C)CC#N)c1. The van der Waals surface area contributed by atoms with Crippen molar-refractivity contribution in [3.8, 4) is 6.07 Å². The lowest BCUT2D eigenvalue weighted by molar-refractivity contribution is -0.385. The number of nitriles is 1. The van der Waals surface area contributed by atoms with Gasteiger partial charge in [0.15, 0.2) is 0 Å². The standard InChI is InChI=1S/C11H12ClN3O4S/c1-7-5-9(15(16)17)11(12)10(6-7)20(18,19)14-8(2)3-4-13/h5-6,8,14H,3H2,1-2H3/t8-/m0/s1. The average molecular weight is 318 g/mol. The normalized spacial score (nSPS) is 12.7. The van der Waals surface area contributed by atoms with E-state index in [2.05, 4.69) is 4.72 Å². The van der Waals surface area contributed by atoms with Crippen molar-refractivity contribution in [2.24, 2.45) is 0 Å². The van der Waals surface area contributed by atoms with E-state index < -0.39 is 31.7 Å². The van der Waals surface area contributed by atoms with Crippen LogP contribution >= 0.6 is 11.6 Å². The molecule has 20 heavy (non-hydrogen) atoms. The number of nitro benzene ring substituents is 1. The lowest BCUT2D eigenvalue weighted by Gasteiger charge is -2.12. The number of sulfonamides is 1. The van der Waals surface area contributed by atoms with Crippen molar-refractivity contribution >= 4 is 27.3 Å². The summed E-state index contributed by atoms with van der Waals surface area (Å²) in [6, 6.07) is 3.65. The second kappa shape index (κ2) is 6.17. The quantitative estimate of drug-likeness (QED) is 0.660. The van der Waals surface area contributed by atoms with Crippen molar-refractivity contribution < 1.29 is 13.3 Å². The summed E-state index contributed by atoms with van der Waals surface area (Å²) in [5.74, 6) is 0. The second-order valence-corrected chi connectivity index (χ2v) is 6.30. The zero-order valence-electron chi connectivity index (χ0n) is 10.8. The molecule has 0 fully saturated rings. The maximum Gasteiger partial charge on any atom is 0.289 e. The van der Waals surface area contributed by atoms with Crippen molar-refractivity contribution in [2.45, 2.75) is 31.2 Å². The fourth-order valence-electron chi connectivity index (χ4n) is 1.55. The first-order valence-corrected chi connectivity index (χ1v) is 7.39. The molecule has 1 atom stereocenters. The summed E-state index contributed by atoms with van der Waals surface area (Å²) >= 11 is 5.79. The lowest BCUT2D eigenvalue weighted by Crippen LogP contribution is -2.32. The van der Waals surface area contributed by atoms with Gasteiger partial charge in [-0.05, 0) is 25.5 Å². The van der Waals surface area contributed by atoms with Gasteiger partial charge in [-0.25, -0.2) is 13.1 Å². The molecule has 0 aromatic heterocycles. The summed E-state index contributed by atoms with van der Waals surface area (Å²) in [7, 11) is -4.03. The molecule has 1 aromatic rings. The van der Waals surface area contributed by atoms with Crippen molar-refractivity contribution in [3.63, 3.8) is 0 Å². The number of aryl methyl sites for hydroxylation is 1. The van der Waals surface area contributed by atoms with Crippen LogP contribution in [0.2, 0.25) is 5.02 Å². The average Bonchev–Trinajstić information content (AvgIpc) is 2.30. The minimum Gasteiger partial charge on any atom is -0.258 e. The van der Waals surface area contributed by atoms with E-state index in [-0.39, 0.29) is 11.3 Å². The van der Waals surface area contributed by atoms with E-state index in [1.165, 1.54) is 26.0 Å². The van der Waals surface area contributed by atoms with E-state index >= 15 is 0 Å². The van der Waals surface area contributed by atoms with Gasteiger partial charge < -0.3 is 0 Å². The molecule has 0 saturated heterocycles. The summed E-state index contributed by atoms with van der Waals surface area (Å²) in [5, 5.41) is 18.9. The molecular formula is C11H12ClN3O4S. The Hall–Kier alpha value is -1.69. The fourth-order valence-corrected chi connectivity index (χ4v) is 3.46. The van der Waals surface area contributed by atoms with E-state index in [1.807, 2.05) is 6.07 Å². The number of nitrogens with zero attached hydrogens (tertiary/aromatic N) is 2. The van der Waals surface area contributed by atoms with Gasteiger partial charge in [-0.3, -0.25) is 10.1 Å². The predicted octanol–water partition coefficient (Wildman–Crippen LogP) is 2.14. The van der Waals surface area contributed by atoms with Gasteiger partial charge in [0.1, 0.15) is 9.92 Å². The Morgan fingerprint density at radius 3 is 2.65 bits per heavy atom. The van der Waals surface area contributed by atoms with Crippen LogP contribution in [0.25, 0.3) is 0 Å². The van der Waals surface area contributed by atoms with Crippen LogP contribution in [0, 0.1) is 28.4 Å². The number of rotatable bonds is 5. The van der Waals surface area contributed by atoms with Crippen LogP contribution in [0.1, 0.15) is 18.9 Å². The van der Waals surface area contributed by atoms with Gasteiger partial charge in [0.2, 0.25) is 10.0 Å². The van der Waals surface area contributed by atoms with Crippen molar-refractivity contribution in [2.75, 3.05) is 0 Å². The summed E-state index contributed by atoms with van der Waals surface area (Å²) < 4.78 is 26.5. The summed E-state index contributed by atoms with van der Waals surface area (Å²) in [6.45, 7) is 3.04. The minimum absolute atomic E-state index is 0.0231. The molecule has 108 valence electrons. The van der Waals surface area contributed by atoms with Gasteiger partial charge in [0.05, 0.1) is 17.4 Å². The molecule has 0 bridgehead atoms. The van der Waals surface area contributed by atoms with Crippen LogP contribution in [0.4, 0.5) is 5.69 Å². The van der Waals surface area contributed by atoms with E-state index in [0.717, 1.165) is 0 Å². The van der Waals surface area contributed by atoms with Crippen molar-refractivity contribution in [1.29, 1.82) is 5.26 Å². The lowest BCUT2D eigenvalue weighted by atomic mass is 10.2. The first-order chi connectivity index (χ1) is 9.19. The molecular weight excluding hydrogens is 306 g/mol. The Kier molecular flexibility index (Phi) is 5.05. The van der Waals surface area contributed by atoms with Crippen LogP contribution in [0.3, 0.4) is 0 Å². The highest BCUT2D eigenvalue weighted by atomic mass is 35.5. The number of nitrogens with one attached hydrogen (secondary N) is 1. The largest absolute Gasteiger partial charge is 0.289 e. The van der Waals surface area contributed by atoms with Crippen LogP contribution < -0.4 is 4.72 Å². The molecule has 0 radical (unpaired) electrons. The molecule has 7 nitrogen and oxygen atoms in total. The molecule has 9 heteroatoms. The summed E-state index contributed by atoms with van der Waals surface area (Å²) in [6.07, 6.45) is -0.0231. The highest BCUT2D eigenvalue weighted by Gasteiger charge is 2.26. The minimum atomic E-state index is -4.03. The Morgan fingerprint density at radius 1 is 1.55 bits per heavy atom. The molecule has 0 heterocycles. The van der Waals surface area contributed by atoms with E-state index in [9.17, 15) is 18.5 Å².